The Labute approximate surface area is 113 Å². The molecule has 17 heavy (non-hydrogen) atoms. The first kappa shape index (κ1) is 11.7. The van der Waals surface area contributed by atoms with Gasteiger partial charge in [0.25, 0.3) is 0 Å². The molecule has 1 fully saturated rings. The molecule has 1 aromatic heterocycles. The largest absolute Gasteiger partial charge is 0.379 e. The molecule has 1 aromatic carbocycles. The van der Waals surface area contributed by atoms with Gasteiger partial charge in [-0.05, 0) is 28.5 Å². The molecule has 1 aliphatic rings. The molecule has 0 radical (unpaired) electrons. The molecule has 0 N–H and O–H groups in total. The van der Waals surface area contributed by atoms with E-state index in [1.54, 1.807) is 0 Å². The Balaban J connectivity index is 1.84. The van der Waals surface area contributed by atoms with Crippen molar-refractivity contribution in [3.8, 4) is 0 Å². The zero-order valence-electron chi connectivity index (χ0n) is 9.49. The van der Waals surface area contributed by atoms with E-state index in [1.165, 1.54) is 15.6 Å². The van der Waals surface area contributed by atoms with Gasteiger partial charge in [-0.1, -0.05) is 22.0 Å². The van der Waals surface area contributed by atoms with Gasteiger partial charge in [-0.15, -0.1) is 11.3 Å². The number of halogens is 1. The molecular weight excluding hydrogens is 298 g/mol. The Bertz CT molecular complexity index is 519. The van der Waals surface area contributed by atoms with Crippen LogP contribution in [0.25, 0.3) is 10.1 Å². The molecule has 3 rings (SSSR count). The number of thiophene rings is 1. The van der Waals surface area contributed by atoms with Crippen molar-refractivity contribution in [2.75, 3.05) is 26.3 Å². The minimum atomic E-state index is 0.869. The first-order chi connectivity index (χ1) is 8.33. The van der Waals surface area contributed by atoms with Gasteiger partial charge < -0.3 is 4.74 Å². The van der Waals surface area contributed by atoms with Crippen LogP contribution in [0.1, 0.15) is 5.56 Å². The quantitative estimate of drug-likeness (QED) is 0.841. The molecule has 0 unspecified atom stereocenters. The standard InChI is InChI=1S/C13H14BrNOS/c14-11-1-2-12-10(9-17-13(12)7-11)8-15-3-5-16-6-4-15/h1-2,7,9H,3-6,8H2. The van der Waals surface area contributed by atoms with Crippen LogP contribution >= 0.6 is 27.3 Å². The Morgan fingerprint density at radius 3 is 2.94 bits per heavy atom. The summed E-state index contributed by atoms with van der Waals surface area (Å²) in [4.78, 5) is 2.47. The second-order valence-electron chi connectivity index (χ2n) is 4.29. The summed E-state index contributed by atoms with van der Waals surface area (Å²) < 4.78 is 7.90. The van der Waals surface area contributed by atoms with Gasteiger partial charge in [-0.25, -0.2) is 0 Å². The summed E-state index contributed by atoms with van der Waals surface area (Å²) in [6.07, 6.45) is 0. The average molecular weight is 312 g/mol. The monoisotopic (exact) mass is 311 g/mol. The van der Waals surface area contributed by atoms with Crippen molar-refractivity contribution in [3.63, 3.8) is 0 Å². The molecule has 4 heteroatoms. The molecule has 1 saturated heterocycles. The molecule has 0 saturated carbocycles. The lowest BCUT2D eigenvalue weighted by Gasteiger charge is -2.26. The van der Waals surface area contributed by atoms with Crippen LogP contribution in [0.2, 0.25) is 0 Å². The van der Waals surface area contributed by atoms with Gasteiger partial charge in [0, 0.05) is 28.8 Å². The van der Waals surface area contributed by atoms with Gasteiger partial charge >= 0.3 is 0 Å². The lowest BCUT2D eigenvalue weighted by molar-refractivity contribution is 0.0344. The smallest absolute Gasteiger partial charge is 0.0594 e. The Morgan fingerprint density at radius 2 is 2.12 bits per heavy atom. The Hall–Kier alpha value is -0.420. The number of hydrogen-bond acceptors (Lipinski definition) is 3. The summed E-state index contributed by atoms with van der Waals surface area (Å²) in [6.45, 7) is 4.88. The molecular formula is C13H14BrNOS. The number of nitrogens with zero attached hydrogens (tertiary/aromatic N) is 1. The van der Waals surface area contributed by atoms with E-state index < -0.39 is 0 Å². The summed E-state index contributed by atoms with van der Waals surface area (Å²) >= 11 is 5.35. The van der Waals surface area contributed by atoms with Crippen molar-refractivity contribution < 1.29 is 4.74 Å². The molecule has 0 amide bonds. The first-order valence-corrected chi connectivity index (χ1v) is 7.46. The summed E-state index contributed by atoms with van der Waals surface area (Å²) in [5.41, 5.74) is 1.44. The van der Waals surface area contributed by atoms with Crippen molar-refractivity contribution >= 4 is 37.4 Å². The number of ether oxygens (including phenoxy) is 1. The molecule has 2 nitrogen and oxygen atoms in total. The van der Waals surface area contributed by atoms with Crippen LogP contribution in [0.5, 0.6) is 0 Å². The van der Waals surface area contributed by atoms with Gasteiger partial charge in [-0.3, -0.25) is 4.90 Å². The van der Waals surface area contributed by atoms with Gasteiger partial charge in [0.15, 0.2) is 0 Å². The number of rotatable bonds is 2. The van der Waals surface area contributed by atoms with Gasteiger partial charge in [-0.2, -0.15) is 0 Å². The van der Waals surface area contributed by atoms with Gasteiger partial charge in [0.05, 0.1) is 13.2 Å². The van der Waals surface area contributed by atoms with Crippen LogP contribution in [0, 0.1) is 0 Å². The van der Waals surface area contributed by atoms with E-state index in [0.717, 1.165) is 37.3 Å². The van der Waals surface area contributed by atoms with Crippen LogP contribution in [-0.2, 0) is 11.3 Å². The zero-order valence-corrected chi connectivity index (χ0v) is 11.9. The van der Waals surface area contributed by atoms with Crippen molar-refractivity contribution in [2.45, 2.75) is 6.54 Å². The predicted molar refractivity (Wildman–Crippen MR) is 75.6 cm³/mol. The van der Waals surface area contributed by atoms with Crippen LogP contribution in [0.3, 0.4) is 0 Å². The first-order valence-electron chi connectivity index (χ1n) is 5.79. The molecule has 1 aliphatic heterocycles. The molecule has 2 aromatic rings. The third-order valence-electron chi connectivity index (χ3n) is 3.12. The van der Waals surface area contributed by atoms with Crippen LogP contribution in [0.4, 0.5) is 0 Å². The summed E-state index contributed by atoms with van der Waals surface area (Å²) in [7, 11) is 0. The third kappa shape index (κ3) is 2.55. The molecule has 2 heterocycles. The minimum absolute atomic E-state index is 0.869. The highest BCUT2D eigenvalue weighted by Gasteiger charge is 2.13. The summed E-state index contributed by atoms with van der Waals surface area (Å²) in [5.74, 6) is 0. The number of morpholine rings is 1. The SMILES string of the molecule is Brc1ccc2c(CN3CCOCC3)csc2c1. The predicted octanol–water partition coefficient (Wildman–Crippen LogP) is 3.50. The fraction of sp³-hybridized carbons (Fsp3) is 0.385. The fourth-order valence-electron chi connectivity index (χ4n) is 2.18. The third-order valence-corrected chi connectivity index (χ3v) is 4.60. The lowest BCUT2D eigenvalue weighted by atomic mass is 10.1. The number of benzene rings is 1. The van der Waals surface area contributed by atoms with Crippen LogP contribution in [-0.4, -0.2) is 31.2 Å². The highest BCUT2D eigenvalue weighted by atomic mass is 79.9. The molecule has 90 valence electrons. The van der Waals surface area contributed by atoms with Gasteiger partial charge in [0.2, 0.25) is 0 Å². The lowest BCUT2D eigenvalue weighted by Crippen LogP contribution is -2.35. The maximum Gasteiger partial charge on any atom is 0.0594 e. The summed E-state index contributed by atoms with van der Waals surface area (Å²) in [5, 5.41) is 3.68. The van der Waals surface area contributed by atoms with Crippen LogP contribution in [0.15, 0.2) is 28.1 Å². The average Bonchev–Trinajstić information content (AvgIpc) is 2.73. The normalized spacial score (nSPS) is 17.7. The van der Waals surface area contributed by atoms with Crippen LogP contribution < -0.4 is 0 Å². The highest BCUT2D eigenvalue weighted by molar-refractivity contribution is 9.10. The van der Waals surface area contributed by atoms with E-state index in [0.29, 0.717) is 0 Å². The number of fused-ring (bicyclic) bond motifs is 1. The Morgan fingerprint density at radius 1 is 1.29 bits per heavy atom. The van der Waals surface area contributed by atoms with Crippen molar-refractivity contribution in [1.29, 1.82) is 0 Å². The maximum absolute atomic E-state index is 5.38. The van der Waals surface area contributed by atoms with E-state index >= 15 is 0 Å². The number of hydrogen-bond donors (Lipinski definition) is 0. The van der Waals surface area contributed by atoms with E-state index in [2.05, 4.69) is 44.4 Å². The van der Waals surface area contributed by atoms with Crippen molar-refractivity contribution in [2.24, 2.45) is 0 Å². The van der Waals surface area contributed by atoms with Gasteiger partial charge in [0.1, 0.15) is 0 Å². The molecule has 0 aliphatic carbocycles. The fourth-order valence-corrected chi connectivity index (χ4v) is 3.68. The maximum atomic E-state index is 5.38. The van der Waals surface area contributed by atoms with E-state index in [1.807, 2.05) is 11.3 Å². The Kier molecular flexibility index (Phi) is 3.47. The zero-order chi connectivity index (χ0) is 11.7. The minimum Gasteiger partial charge on any atom is -0.379 e. The van der Waals surface area contributed by atoms with E-state index in [9.17, 15) is 0 Å². The van der Waals surface area contributed by atoms with Crippen molar-refractivity contribution in [1.82, 2.24) is 4.90 Å². The highest BCUT2D eigenvalue weighted by Crippen LogP contribution is 2.29. The molecule has 0 atom stereocenters. The van der Waals surface area contributed by atoms with E-state index in [4.69, 9.17) is 4.74 Å². The topological polar surface area (TPSA) is 12.5 Å². The second kappa shape index (κ2) is 5.06. The molecule has 0 spiro atoms. The second-order valence-corrected chi connectivity index (χ2v) is 6.12. The van der Waals surface area contributed by atoms with Crippen molar-refractivity contribution in [3.05, 3.63) is 33.6 Å². The van der Waals surface area contributed by atoms with E-state index in [-0.39, 0.29) is 0 Å². The molecule has 0 bridgehead atoms. The summed E-state index contributed by atoms with van der Waals surface area (Å²) in [6, 6.07) is 6.53.